The van der Waals surface area contributed by atoms with Crippen LogP contribution in [0.4, 0.5) is 0 Å². The van der Waals surface area contributed by atoms with Gasteiger partial charge in [-0.1, -0.05) is 20.8 Å². The third kappa shape index (κ3) is 4.16. The minimum absolute atomic E-state index is 0.102. The largest absolute Gasteiger partial charge is 0.466 e. The van der Waals surface area contributed by atoms with E-state index in [0.717, 1.165) is 0 Å². The Morgan fingerprint density at radius 1 is 1.42 bits per heavy atom. The second kappa shape index (κ2) is 5.77. The lowest BCUT2D eigenvalue weighted by molar-refractivity contribution is -0.136. The van der Waals surface area contributed by atoms with E-state index in [9.17, 15) is 9.90 Å². The average molecular weight is 286 g/mol. The van der Waals surface area contributed by atoms with Crippen molar-refractivity contribution in [3.05, 3.63) is 11.6 Å². The topological polar surface area (TPSA) is 55.8 Å². The molecule has 1 aliphatic carbocycles. The Labute approximate surface area is 116 Å². The highest BCUT2D eigenvalue weighted by molar-refractivity contribution is 6.74. The second-order valence-electron chi connectivity index (χ2n) is 6.69. The molecule has 19 heavy (non-hydrogen) atoms. The summed E-state index contributed by atoms with van der Waals surface area (Å²) < 4.78 is 11.0. The van der Waals surface area contributed by atoms with Gasteiger partial charge in [0.1, 0.15) is 0 Å². The van der Waals surface area contributed by atoms with Gasteiger partial charge in [0.05, 0.1) is 19.3 Å². The van der Waals surface area contributed by atoms with Gasteiger partial charge in [-0.15, -0.1) is 0 Å². The number of aliphatic hydroxyl groups is 1. The molecule has 0 bridgehead atoms. The first-order chi connectivity index (χ1) is 8.56. The Kier molecular flexibility index (Phi) is 4.98. The number of methoxy groups -OCH3 is 1. The molecule has 0 saturated heterocycles. The monoisotopic (exact) mass is 286 g/mol. The standard InChI is InChI=1S/C14H26O4Si/c1-14(2,3)19(5,6)18-12-8-10(13(16)17-4)7-11(15)9-12/h7,11-12,15H,8-9H2,1-6H3/t11-,12-/m1/s1. The average Bonchev–Trinajstić information content (AvgIpc) is 2.24. The zero-order valence-electron chi connectivity index (χ0n) is 12.8. The van der Waals surface area contributed by atoms with E-state index in [2.05, 4.69) is 33.9 Å². The van der Waals surface area contributed by atoms with Gasteiger partial charge in [0, 0.05) is 18.4 Å². The number of carbonyl (C=O) groups is 1. The highest BCUT2D eigenvalue weighted by Crippen LogP contribution is 2.39. The van der Waals surface area contributed by atoms with Crippen LogP contribution in [0.15, 0.2) is 11.6 Å². The van der Waals surface area contributed by atoms with Crippen LogP contribution in [0.2, 0.25) is 18.1 Å². The van der Waals surface area contributed by atoms with Crippen molar-refractivity contribution in [2.45, 2.75) is 64.0 Å². The van der Waals surface area contributed by atoms with Crippen LogP contribution >= 0.6 is 0 Å². The zero-order valence-corrected chi connectivity index (χ0v) is 13.8. The molecule has 0 saturated carbocycles. The van der Waals surface area contributed by atoms with Gasteiger partial charge in [0.25, 0.3) is 0 Å². The number of hydrogen-bond donors (Lipinski definition) is 1. The van der Waals surface area contributed by atoms with E-state index in [4.69, 9.17) is 9.16 Å². The van der Waals surface area contributed by atoms with Crippen molar-refractivity contribution in [3.8, 4) is 0 Å². The van der Waals surface area contributed by atoms with E-state index in [1.54, 1.807) is 6.08 Å². The normalized spacial score (nSPS) is 24.9. The van der Waals surface area contributed by atoms with E-state index < -0.39 is 14.4 Å². The molecule has 5 heteroatoms. The van der Waals surface area contributed by atoms with Gasteiger partial charge < -0.3 is 14.3 Å². The molecule has 0 aliphatic heterocycles. The summed E-state index contributed by atoms with van der Waals surface area (Å²) in [5.41, 5.74) is 0.518. The molecule has 0 spiro atoms. The van der Waals surface area contributed by atoms with Crippen molar-refractivity contribution >= 4 is 14.3 Å². The van der Waals surface area contributed by atoms with E-state index >= 15 is 0 Å². The molecule has 0 aromatic rings. The molecule has 0 unspecified atom stereocenters. The van der Waals surface area contributed by atoms with Gasteiger partial charge in [-0.25, -0.2) is 4.79 Å². The summed E-state index contributed by atoms with van der Waals surface area (Å²) in [6, 6.07) is 0. The maximum Gasteiger partial charge on any atom is 0.333 e. The van der Waals surface area contributed by atoms with Crippen LogP contribution in [0.1, 0.15) is 33.6 Å². The number of hydrogen-bond acceptors (Lipinski definition) is 4. The van der Waals surface area contributed by atoms with Gasteiger partial charge in [0.2, 0.25) is 0 Å². The summed E-state index contributed by atoms with van der Waals surface area (Å²) in [6.45, 7) is 10.9. The van der Waals surface area contributed by atoms with E-state index in [1.165, 1.54) is 7.11 Å². The molecule has 0 aromatic carbocycles. The Bertz CT molecular complexity index is 368. The van der Waals surface area contributed by atoms with Crippen molar-refractivity contribution in [1.82, 2.24) is 0 Å². The van der Waals surface area contributed by atoms with Gasteiger partial charge in [-0.2, -0.15) is 0 Å². The molecule has 1 rings (SSSR count). The fraction of sp³-hybridized carbons (Fsp3) is 0.786. The molecular weight excluding hydrogens is 260 g/mol. The summed E-state index contributed by atoms with van der Waals surface area (Å²) in [7, 11) is -0.532. The van der Waals surface area contributed by atoms with Crippen LogP contribution in [-0.4, -0.2) is 38.7 Å². The molecule has 0 fully saturated rings. The van der Waals surface area contributed by atoms with Crippen LogP contribution in [0.3, 0.4) is 0 Å². The molecule has 0 aromatic heterocycles. The Morgan fingerprint density at radius 3 is 2.47 bits per heavy atom. The number of ether oxygens (including phenoxy) is 1. The minimum atomic E-state index is -1.89. The first kappa shape index (κ1) is 16.4. The van der Waals surface area contributed by atoms with E-state index in [0.29, 0.717) is 18.4 Å². The third-order valence-corrected chi connectivity index (χ3v) is 8.60. The van der Waals surface area contributed by atoms with Crippen LogP contribution in [0.25, 0.3) is 0 Å². The first-order valence-corrected chi connectivity index (χ1v) is 9.62. The fourth-order valence-corrected chi connectivity index (χ4v) is 3.30. The molecule has 110 valence electrons. The van der Waals surface area contributed by atoms with Crippen molar-refractivity contribution in [1.29, 1.82) is 0 Å². The summed E-state index contributed by atoms with van der Waals surface area (Å²) in [5, 5.41) is 9.96. The fourth-order valence-electron chi connectivity index (χ4n) is 1.93. The molecule has 0 radical (unpaired) electrons. The van der Waals surface area contributed by atoms with Gasteiger partial charge in [-0.3, -0.25) is 0 Å². The number of aliphatic hydroxyl groups excluding tert-OH is 1. The lowest BCUT2D eigenvalue weighted by atomic mass is 9.95. The smallest absolute Gasteiger partial charge is 0.333 e. The number of carbonyl (C=O) groups excluding carboxylic acids is 1. The molecule has 4 nitrogen and oxygen atoms in total. The third-order valence-electron chi connectivity index (χ3n) is 4.06. The quantitative estimate of drug-likeness (QED) is 0.640. The van der Waals surface area contributed by atoms with E-state index in [-0.39, 0.29) is 17.1 Å². The molecule has 0 heterocycles. The molecule has 0 amide bonds. The van der Waals surface area contributed by atoms with Gasteiger partial charge >= 0.3 is 5.97 Å². The van der Waals surface area contributed by atoms with Gasteiger partial charge in [-0.05, 0) is 24.2 Å². The Balaban J connectivity index is 2.78. The Morgan fingerprint density at radius 2 is 2.00 bits per heavy atom. The van der Waals surface area contributed by atoms with Crippen LogP contribution in [0.5, 0.6) is 0 Å². The summed E-state index contributed by atoms with van der Waals surface area (Å²) in [6.07, 6.45) is 1.92. The summed E-state index contributed by atoms with van der Waals surface area (Å²) in [5.74, 6) is -0.373. The maximum atomic E-state index is 11.6. The predicted octanol–water partition coefficient (Wildman–Crippen LogP) is 2.63. The summed E-state index contributed by atoms with van der Waals surface area (Å²) in [4.78, 5) is 11.6. The predicted molar refractivity (Wildman–Crippen MR) is 77.4 cm³/mol. The maximum absolute atomic E-state index is 11.6. The number of rotatable bonds is 3. The van der Waals surface area contributed by atoms with Crippen molar-refractivity contribution in [2.24, 2.45) is 0 Å². The lowest BCUT2D eigenvalue weighted by Gasteiger charge is -2.40. The zero-order chi connectivity index (χ0) is 14.8. The summed E-state index contributed by atoms with van der Waals surface area (Å²) >= 11 is 0. The van der Waals surface area contributed by atoms with Crippen LogP contribution in [-0.2, 0) is 14.0 Å². The molecule has 1 aliphatic rings. The Hall–Kier alpha value is -0.653. The van der Waals surface area contributed by atoms with Crippen molar-refractivity contribution in [2.75, 3.05) is 7.11 Å². The number of esters is 1. The highest BCUT2D eigenvalue weighted by atomic mass is 28.4. The van der Waals surface area contributed by atoms with Gasteiger partial charge in [0.15, 0.2) is 8.32 Å². The van der Waals surface area contributed by atoms with Crippen molar-refractivity contribution < 1.29 is 19.1 Å². The van der Waals surface area contributed by atoms with Crippen LogP contribution in [0, 0.1) is 0 Å². The van der Waals surface area contributed by atoms with E-state index in [1.807, 2.05) is 0 Å². The molecule has 2 atom stereocenters. The lowest BCUT2D eigenvalue weighted by Crippen LogP contribution is -2.45. The highest BCUT2D eigenvalue weighted by Gasteiger charge is 2.40. The molecule has 1 N–H and O–H groups in total. The SMILES string of the molecule is COC(=O)C1=C[C@@H](O)C[C@H](O[Si](C)(C)C(C)(C)C)C1. The van der Waals surface area contributed by atoms with Crippen LogP contribution < -0.4 is 0 Å². The molecular formula is C14H26O4Si. The minimum Gasteiger partial charge on any atom is -0.466 e. The second-order valence-corrected chi connectivity index (χ2v) is 11.4. The van der Waals surface area contributed by atoms with Crippen molar-refractivity contribution in [3.63, 3.8) is 0 Å². The first-order valence-electron chi connectivity index (χ1n) is 6.71.